The maximum absolute atomic E-state index is 11.6. The van der Waals surface area contributed by atoms with Gasteiger partial charge < -0.3 is 4.98 Å². The van der Waals surface area contributed by atoms with Crippen LogP contribution in [0.5, 0.6) is 0 Å². The topological polar surface area (TPSA) is 45.8 Å². The number of H-pyrrole nitrogens is 1. The highest BCUT2D eigenvalue weighted by molar-refractivity contribution is 5.21. The summed E-state index contributed by atoms with van der Waals surface area (Å²) in [7, 11) is 0. The predicted molar refractivity (Wildman–Crippen MR) is 53.1 cm³/mol. The quantitative estimate of drug-likeness (QED) is 0.753. The minimum absolute atomic E-state index is 0.0133. The highest BCUT2D eigenvalue weighted by Gasteiger charge is 2.11. The maximum atomic E-state index is 11.6. The van der Waals surface area contributed by atoms with Gasteiger partial charge in [-0.25, -0.2) is 4.98 Å². The molecule has 3 nitrogen and oxygen atoms in total. The summed E-state index contributed by atoms with van der Waals surface area (Å²) in [6, 6.07) is 0. The van der Waals surface area contributed by atoms with Crippen LogP contribution in [0.25, 0.3) is 0 Å². The Kier molecular flexibility index (Phi) is 2.86. The molecule has 0 aliphatic carbocycles. The molecule has 1 aromatic heterocycles. The zero-order valence-corrected chi connectivity index (χ0v) is 8.64. The van der Waals surface area contributed by atoms with Gasteiger partial charge in [-0.3, -0.25) is 4.79 Å². The average molecular weight is 180 g/mol. The Hall–Kier alpha value is -1.12. The molecule has 3 heteroatoms. The Balaban J connectivity index is 3.39. The standard InChI is InChI=1S/C10H16N2O/c1-5-8-9(6(2)3)10(13)12-7(4)11-8/h6H,5H2,1-4H3,(H,11,12,13). The van der Waals surface area contributed by atoms with Gasteiger partial charge in [0.15, 0.2) is 0 Å². The monoisotopic (exact) mass is 180 g/mol. The van der Waals surface area contributed by atoms with Gasteiger partial charge in [0, 0.05) is 5.56 Å². The molecule has 0 spiro atoms. The lowest BCUT2D eigenvalue weighted by atomic mass is 10.0. The van der Waals surface area contributed by atoms with Gasteiger partial charge in [-0.2, -0.15) is 0 Å². The number of rotatable bonds is 2. The van der Waals surface area contributed by atoms with Gasteiger partial charge in [-0.15, -0.1) is 0 Å². The molecule has 72 valence electrons. The lowest BCUT2D eigenvalue weighted by Gasteiger charge is -2.09. The first-order valence-electron chi connectivity index (χ1n) is 4.66. The molecule has 13 heavy (non-hydrogen) atoms. The predicted octanol–water partition coefficient (Wildman–Crippen LogP) is 1.76. The molecule has 1 rings (SSSR count). The van der Waals surface area contributed by atoms with Crippen molar-refractivity contribution >= 4 is 0 Å². The Morgan fingerprint density at radius 3 is 2.54 bits per heavy atom. The average Bonchev–Trinajstić information content (AvgIpc) is 2.01. The van der Waals surface area contributed by atoms with Gasteiger partial charge in [-0.05, 0) is 19.3 Å². The van der Waals surface area contributed by atoms with Crippen molar-refractivity contribution in [1.29, 1.82) is 0 Å². The smallest absolute Gasteiger partial charge is 0.254 e. The minimum Gasteiger partial charge on any atom is -0.311 e. The minimum atomic E-state index is 0.0133. The summed E-state index contributed by atoms with van der Waals surface area (Å²) in [5.74, 6) is 0.943. The van der Waals surface area contributed by atoms with Crippen molar-refractivity contribution < 1.29 is 0 Å². The van der Waals surface area contributed by atoms with E-state index in [4.69, 9.17) is 0 Å². The SMILES string of the molecule is CCc1nc(C)[nH]c(=O)c1C(C)C. The molecule has 0 aromatic carbocycles. The third-order valence-electron chi connectivity index (χ3n) is 2.06. The third-order valence-corrected chi connectivity index (χ3v) is 2.06. The second-order valence-electron chi connectivity index (χ2n) is 3.52. The van der Waals surface area contributed by atoms with Gasteiger partial charge in [0.2, 0.25) is 0 Å². The van der Waals surface area contributed by atoms with Gasteiger partial charge in [0.1, 0.15) is 5.82 Å². The molecular formula is C10H16N2O. The van der Waals surface area contributed by atoms with Crippen molar-refractivity contribution in [3.05, 3.63) is 27.4 Å². The van der Waals surface area contributed by atoms with Crippen LogP contribution in [0.15, 0.2) is 4.79 Å². The Morgan fingerprint density at radius 2 is 2.08 bits per heavy atom. The van der Waals surface area contributed by atoms with Crippen LogP contribution in [0.1, 0.15) is 43.8 Å². The number of aryl methyl sites for hydroxylation is 2. The molecule has 0 saturated carbocycles. The summed E-state index contributed by atoms with van der Waals surface area (Å²) >= 11 is 0. The fourth-order valence-corrected chi connectivity index (χ4v) is 1.52. The Morgan fingerprint density at radius 1 is 1.46 bits per heavy atom. The second-order valence-corrected chi connectivity index (χ2v) is 3.52. The summed E-state index contributed by atoms with van der Waals surface area (Å²) in [4.78, 5) is 18.6. The second kappa shape index (κ2) is 3.73. The van der Waals surface area contributed by atoms with Crippen LogP contribution in [0.2, 0.25) is 0 Å². The molecule has 0 amide bonds. The van der Waals surface area contributed by atoms with E-state index in [1.165, 1.54) is 0 Å². The van der Waals surface area contributed by atoms with Crippen molar-refractivity contribution in [3.63, 3.8) is 0 Å². The highest BCUT2D eigenvalue weighted by Crippen LogP contribution is 2.13. The van der Waals surface area contributed by atoms with Crippen LogP contribution in [-0.4, -0.2) is 9.97 Å². The molecule has 0 saturated heterocycles. The molecule has 0 aliphatic heterocycles. The molecule has 0 atom stereocenters. The van der Waals surface area contributed by atoms with Crippen molar-refractivity contribution in [2.24, 2.45) is 0 Å². The molecule has 1 aromatic rings. The summed E-state index contributed by atoms with van der Waals surface area (Å²) in [6.07, 6.45) is 0.818. The molecule has 1 N–H and O–H groups in total. The van der Waals surface area contributed by atoms with Crippen LogP contribution in [-0.2, 0) is 6.42 Å². The van der Waals surface area contributed by atoms with Crippen LogP contribution < -0.4 is 5.56 Å². The number of nitrogens with one attached hydrogen (secondary N) is 1. The van der Waals surface area contributed by atoms with Crippen LogP contribution in [0, 0.1) is 6.92 Å². The van der Waals surface area contributed by atoms with Crippen LogP contribution in [0.4, 0.5) is 0 Å². The summed E-state index contributed by atoms with van der Waals surface area (Å²) in [5.41, 5.74) is 1.77. The van der Waals surface area contributed by atoms with Crippen LogP contribution in [0.3, 0.4) is 0 Å². The molecule has 0 unspecified atom stereocenters. The van der Waals surface area contributed by atoms with E-state index >= 15 is 0 Å². The third kappa shape index (κ3) is 1.97. The van der Waals surface area contributed by atoms with Gasteiger partial charge in [0.05, 0.1) is 5.69 Å². The van der Waals surface area contributed by atoms with Crippen molar-refractivity contribution in [1.82, 2.24) is 9.97 Å². The molecule has 0 fully saturated rings. The molecule has 1 heterocycles. The first-order valence-corrected chi connectivity index (χ1v) is 4.66. The lowest BCUT2D eigenvalue weighted by Crippen LogP contribution is -2.19. The van der Waals surface area contributed by atoms with E-state index in [0.29, 0.717) is 5.82 Å². The van der Waals surface area contributed by atoms with Gasteiger partial charge >= 0.3 is 0 Å². The van der Waals surface area contributed by atoms with Gasteiger partial charge in [-0.1, -0.05) is 20.8 Å². The van der Waals surface area contributed by atoms with Crippen molar-refractivity contribution in [2.45, 2.75) is 40.0 Å². The molecule has 0 radical (unpaired) electrons. The number of hydrogen-bond donors (Lipinski definition) is 1. The molecule has 0 aliphatic rings. The summed E-state index contributed by atoms with van der Waals surface area (Å²) in [6.45, 7) is 7.86. The fourth-order valence-electron chi connectivity index (χ4n) is 1.52. The van der Waals surface area contributed by atoms with E-state index < -0.39 is 0 Å². The van der Waals surface area contributed by atoms with E-state index in [-0.39, 0.29) is 11.5 Å². The van der Waals surface area contributed by atoms with Crippen molar-refractivity contribution in [3.8, 4) is 0 Å². The first-order chi connectivity index (χ1) is 6.06. The van der Waals surface area contributed by atoms with Crippen molar-refractivity contribution in [2.75, 3.05) is 0 Å². The zero-order valence-electron chi connectivity index (χ0n) is 8.64. The van der Waals surface area contributed by atoms with E-state index in [2.05, 4.69) is 9.97 Å². The largest absolute Gasteiger partial charge is 0.311 e. The van der Waals surface area contributed by atoms with Gasteiger partial charge in [0.25, 0.3) is 5.56 Å². The summed E-state index contributed by atoms with van der Waals surface area (Å²) in [5, 5.41) is 0. The number of aromatic nitrogens is 2. The first kappa shape index (κ1) is 9.96. The number of nitrogens with zero attached hydrogens (tertiary/aromatic N) is 1. The number of aromatic amines is 1. The van der Waals surface area contributed by atoms with E-state index in [0.717, 1.165) is 17.7 Å². The number of hydrogen-bond acceptors (Lipinski definition) is 2. The lowest BCUT2D eigenvalue weighted by molar-refractivity contribution is 0.782. The van der Waals surface area contributed by atoms with Crippen LogP contribution >= 0.6 is 0 Å². The molecule has 0 bridgehead atoms. The summed E-state index contributed by atoms with van der Waals surface area (Å²) < 4.78 is 0. The Bertz CT molecular complexity index is 352. The highest BCUT2D eigenvalue weighted by atomic mass is 16.1. The normalized spacial score (nSPS) is 10.8. The maximum Gasteiger partial charge on any atom is 0.254 e. The van der Waals surface area contributed by atoms with E-state index in [9.17, 15) is 4.79 Å². The molecular weight excluding hydrogens is 164 g/mol. The van der Waals surface area contributed by atoms with E-state index in [1.54, 1.807) is 0 Å². The fraction of sp³-hybridized carbons (Fsp3) is 0.600. The van der Waals surface area contributed by atoms with E-state index in [1.807, 2.05) is 27.7 Å². The zero-order chi connectivity index (χ0) is 10.0. The Labute approximate surface area is 78.2 Å².